The normalized spacial score (nSPS) is 11.2. The number of nitrogens with one attached hydrogen (secondary N) is 1. The van der Waals surface area contributed by atoms with Crippen molar-refractivity contribution in [3.8, 4) is 12.3 Å². The topological polar surface area (TPSA) is 37.8 Å². The Balaban J connectivity index is 3.11. The standard InChI is InChI=1S/C10H14N2O/c1-5-6-12-9(13)7-8(11-12)10(2,3)4/h1,7,11H,6H2,2-4H3. The first-order valence-electron chi connectivity index (χ1n) is 4.19. The summed E-state index contributed by atoms with van der Waals surface area (Å²) in [6.07, 6.45) is 5.12. The van der Waals surface area contributed by atoms with Crippen LogP contribution in [-0.2, 0) is 12.0 Å². The zero-order valence-corrected chi connectivity index (χ0v) is 8.22. The van der Waals surface area contributed by atoms with Gasteiger partial charge in [-0.25, -0.2) is 4.68 Å². The number of aromatic nitrogens is 2. The van der Waals surface area contributed by atoms with E-state index in [1.54, 1.807) is 6.07 Å². The lowest BCUT2D eigenvalue weighted by atomic mass is 9.93. The van der Waals surface area contributed by atoms with Crippen LogP contribution in [0.1, 0.15) is 26.5 Å². The number of nitrogens with zero attached hydrogens (tertiary/aromatic N) is 1. The largest absolute Gasteiger partial charge is 0.298 e. The van der Waals surface area contributed by atoms with Crippen molar-refractivity contribution in [3.63, 3.8) is 0 Å². The molecule has 0 spiro atoms. The lowest BCUT2D eigenvalue weighted by Crippen LogP contribution is -2.15. The van der Waals surface area contributed by atoms with Crippen molar-refractivity contribution in [1.82, 2.24) is 9.78 Å². The first kappa shape index (κ1) is 9.66. The zero-order valence-electron chi connectivity index (χ0n) is 8.22. The first-order chi connectivity index (χ1) is 5.95. The van der Waals surface area contributed by atoms with Crippen LogP contribution in [0.5, 0.6) is 0 Å². The maximum absolute atomic E-state index is 11.3. The molecule has 0 unspecified atom stereocenters. The first-order valence-corrected chi connectivity index (χ1v) is 4.19. The minimum atomic E-state index is -0.0668. The maximum Gasteiger partial charge on any atom is 0.267 e. The van der Waals surface area contributed by atoms with Gasteiger partial charge in [0, 0.05) is 17.2 Å². The number of terminal acetylenes is 1. The van der Waals surface area contributed by atoms with E-state index >= 15 is 0 Å². The molecule has 0 aliphatic rings. The maximum atomic E-state index is 11.3. The van der Waals surface area contributed by atoms with E-state index in [1.807, 2.05) is 20.8 Å². The van der Waals surface area contributed by atoms with Gasteiger partial charge in [-0.3, -0.25) is 9.89 Å². The van der Waals surface area contributed by atoms with Gasteiger partial charge in [0.2, 0.25) is 0 Å². The van der Waals surface area contributed by atoms with Crippen LogP contribution in [0.25, 0.3) is 0 Å². The Labute approximate surface area is 77.8 Å². The van der Waals surface area contributed by atoms with Crippen molar-refractivity contribution in [2.24, 2.45) is 0 Å². The SMILES string of the molecule is C#CCn1[nH]c(C(C)(C)C)cc1=O. The molecule has 0 aliphatic carbocycles. The van der Waals surface area contributed by atoms with Gasteiger partial charge in [-0.2, -0.15) is 0 Å². The molecule has 0 fully saturated rings. The van der Waals surface area contributed by atoms with Gasteiger partial charge in [0.15, 0.2) is 0 Å². The predicted octanol–water partition coefficient (Wildman–Crippen LogP) is 1.11. The fraction of sp³-hybridized carbons (Fsp3) is 0.500. The molecule has 0 saturated carbocycles. The summed E-state index contributed by atoms with van der Waals surface area (Å²) in [4.78, 5) is 11.3. The Hall–Kier alpha value is -1.43. The lowest BCUT2D eigenvalue weighted by Gasteiger charge is -2.15. The van der Waals surface area contributed by atoms with Crippen LogP contribution in [0.3, 0.4) is 0 Å². The van der Waals surface area contributed by atoms with Crippen LogP contribution < -0.4 is 5.56 Å². The molecule has 1 aromatic heterocycles. The molecule has 1 N–H and O–H groups in total. The second-order valence-electron chi connectivity index (χ2n) is 4.05. The van der Waals surface area contributed by atoms with Gasteiger partial charge in [0.25, 0.3) is 5.56 Å². The van der Waals surface area contributed by atoms with Crippen LogP contribution in [0.4, 0.5) is 0 Å². The molecule has 0 amide bonds. The Bertz CT molecular complexity index is 384. The number of aromatic amines is 1. The molecule has 13 heavy (non-hydrogen) atoms. The number of hydrogen-bond donors (Lipinski definition) is 1. The third-order valence-corrected chi connectivity index (χ3v) is 1.85. The highest BCUT2D eigenvalue weighted by atomic mass is 16.1. The summed E-state index contributed by atoms with van der Waals surface area (Å²) in [7, 11) is 0. The Morgan fingerprint density at radius 3 is 2.62 bits per heavy atom. The van der Waals surface area contributed by atoms with Gasteiger partial charge < -0.3 is 0 Å². The Morgan fingerprint density at radius 1 is 1.62 bits per heavy atom. The second-order valence-corrected chi connectivity index (χ2v) is 4.05. The Morgan fingerprint density at radius 2 is 2.23 bits per heavy atom. The van der Waals surface area contributed by atoms with E-state index in [9.17, 15) is 4.79 Å². The van der Waals surface area contributed by atoms with Crippen LogP contribution in [-0.4, -0.2) is 9.78 Å². The fourth-order valence-electron chi connectivity index (χ4n) is 1.03. The third-order valence-electron chi connectivity index (χ3n) is 1.85. The summed E-state index contributed by atoms with van der Waals surface area (Å²) in [5.74, 6) is 2.42. The van der Waals surface area contributed by atoms with Gasteiger partial charge in [-0.1, -0.05) is 26.7 Å². The fourth-order valence-corrected chi connectivity index (χ4v) is 1.03. The molecule has 3 nitrogen and oxygen atoms in total. The summed E-state index contributed by atoms with van der Waals surface area (Å²) in [5, 5.41) is 2.98. The van der Waals surface area contributed by atoms with Crippen molar-refractivity contribution >= 4 is 0 Å². The van der Waals surface area contributed by atoms with Crippen molar-refractivity contribution in [2.45, 2.75) is 32.7 Å². The van der Waals surface area contributed by atoms with Crippen LogP contribution in [0.2, 0.25) is 0 Å². The minimum absolute atomic E-state index is 0.0427. The van der Waals surface area contributed by atoms with Crippen LogP contribution in [0.15, 0.2) is 10.9 Å². The van der Waals surface area contributed by atoms with Crippen LogP contribution in [0, 0.1) is 12.3 Å². The number of H-pyrrole nitrogens is 1. The number of rotatable bonds is 1. The molecule has 0 aromatic carbocycles. The molecule has 1 aromatic rings. The quantitative estimate of drug-likeness (QED) is 0.643. The summed E-state index contributed by atoms with van der Waals surface area (Å²) in [6, 6.07) is 1.59. The molecule has 0 bridgehead atoms. The Kier molecular flexibility index (Phi) is 2.33. The van der Waals surface area contributed by atoms with Crippen molar-refractivity contribution in [2.75, 3.05) is 0 Å². The average molecular weight is 178 g/mol. The molecule has 0 atom stereocenters. The molecule has 0 saturated heterocycles. The zero-order chi connectivity index (χ0) is 10.1. The van der Waals surface area contributed by atoms with Gasteiger partial charge in [-0.15, -0.1) is 6.42 Å². The summed E-state index contributed by atoms with van der Waals surface area (Å²) in [5.41, 5.74) is 0.801. The molecule has 3 heteroatoms. The van der Waals surface area contributed by atoms with E-state index < -0.39 is 0 Å². The minimum Gasteiger partial charge on any atom is -0.298 e. The third kappa shape index (κ3) is 2.03. The average Bonchev–Trinajstić information content (AvgIpc) is 2.32. The highest BCUT2D eigenvalue weighted by Gasteiger charge is 2.16. The molecular formula is C10H14N2O. The van der Waals surface area contributed by atoms with Crippen LogP contribution >= 0.6 is 0 Å². The molecule has 1 rings (SSSR count). The van der Waals surface area contributed by atoms with Crippen molar-refractivity contribution in [1.29, 1.82) is 0 Å². The van der Waals surface area contributed by atoms with E-state index in [0.29, 0.717) is 6.54 Å². The highest BCUT2D eigenvalue weighted by Crippen LogP contribution is 2.17. The molecular weight excluding hydrogens is 164 g/mol. The molecule has 70 valence electrons. The molecule has 0 radical (unpaired) electrons. The van der Waals surface area contributed by atoms with Gasteiger partial charge in [0.05, 0.1) is 0 Å². The lowest BCUT2D eigenvalue weighted by molar-refractivity contribution is 0.546. The number of hydrogen-bond acceptors (Lipinski definition) is 1. The van der Waals surface area contributed by atoms with Gasteiger partial charge >= 0.3 is 0 Å². The highest BCUT2D eigenvalue weighted by molar-refractivity contribution is 5.11. The van der Waals surface area contributed by atoms with E-state index in [0.717, 1.165) is 5.69 Å². The van der Waals surface area contributed by atoms with Gasteiger partial charge in [0.1, 0.15) is 6.54 Å². The summed E-state index contributed by atoms with van der Waals surface area (Å²) >= 11 is 0. The van der Waals surface area contributed by atoms with E-state index in [2.05, 4.69) is 11.0 Å². The van der Waals surface area contributed by atoms with E-state index in [1.165, 1.54) is 4.68 Å². The molecule has 1 heterocycles. The van der Waals surface area contributed by atoms with Crippen molar-refractivity contribution in [3.05, 3.63) is 22.1 Å². The second kappa shape index (κ2) is 3.14. The van der Waals surface area contributed by atoms with Crippen molar-refractivity contribution < 1.29 is 0 Å². The summed E-state index contributed by atoms with van der Waals surface area (Å²) < 4.78 is 1.43. The van der Waals surface area contributed by atoms with Gasteiger partial charge in [-0.05, 0) is 0 Å². The smallest absolute Gasteiger partial charge is 0.267 e. The monoisotopic (exact) mass is 178 g/mol. The molecule has 0 aliphatic heterocycles. The predicted molar refractivity (Wildman–Crippen MR) is 52.6 cm³/mol. The summed E-state index contributed by atoms with van der Waals surface area (Å²) in [6.45, 7) is 6.42. The van der Waals surface area contributed by atoms with E-state index in [-0.39, 0.29) is 11.0 Å². The van der Waals surface area contributed by atoms with E-state index in [4.69, 9.17) is 6.42 Å².